The molecule has 0 aliphatic carbocycles. The highest BCUT2D eigenvalue weighted by molar-refractivity contribution is 7.17. The van der Waals surface area contributed by atoms with Crippen LogP contribution < -0.4 is 16.2 Å². The van der Waals surface area contributed by atoms with E-state index in [0.717, 1.165) is 26.9 Å². The number of nitrogens with two attached hydrogens (primary N) is 1. The minimum atomic E-state index is 0.422. The SMILES string of the molecule is CN(Cc1ccc(Cl)s1)c1nc(NN)nc2sccc12. The van der Waals surface area contributed by atoms with Crippen LogP contribution in [-0.2, 0) is 6.54 Å². The number of nitrogen functional groups attached to an aromatic ring is 1. The first kappa shape index (κ1) is 13.6. The Hall–Kier alpha value is -1.41. The molecule has 0 aliphatic rings. The molecule has 3 N–H and O–H groups in total. The average molecular weight is 326 g/mol. The number of halogens is 1. The molecule has 20 heavy (non-hydrogen) atoms. The summed E-state index contributed by atoms with van der Waals surface area (Å²) < 4.78 is 0.793. The van der Waals surface area contributed by atoms with Crippen molar-refractivity contribution < 1.29 is 0 Å². The minimum absolute atomic E-state index is 0.422. The molecule has 0 unspecified atom stereocenters. The second kappa shape index (κ2) is 5.53. The number of fused-ring (bicyclic) bond motifs is 1. The fourth-order valence-electron chi connectivity index (χ4n) is 1.94. The second-order valence-corrected chi connectivity index (χ2v) is 6.91. The lowest BCUT2D eigenvalue weighted by Gasteiger charge is -2.18. The van der Waals surface area contributed by atoms with Crippen LogP contribution in [0.4, 0.5) is 11.8 Å². The van der Waals surface area contributed by atoms with Gasteiger partial charge in [0.25, 0.3) is 0 Å². The van der Waals surface area contributed by atoms with Crippen molar-refractivity contribution in [3.63, 3.8) is 0 Å². The van der Waals surface area contributed by atoms with Gasteiger partial charge in [0.05, 0.1) is 16.3 Å². The molecule has 5 nitrogen and oxygen atoms in total. The first-order valence-corrected chi connectivity index (χ1v) is 7.92. The van der Waals surface area contributed by atoms with E-state index in [0.29, 0.717) is 5.95 Å². The predicted octanol–water partition coefficient (Wildman–Crippen LogP) is 3.33. The Bertz CT molecular complexity index is 738. The highest BCUT2D eigenvalue weighted by atomic mass is 35.5. The van der Waals surface area contributed by atoms with Crippen LogP contribution in [0.15, 0.2) is 23.6 Å². The molecular weight excluding hydrogens is 314 g/mol. The quantitative estimate of drug-likeness (QED) is 0.569. The molecule has 3 heterocycles. The fourth-order valence-corrected chi connectivity index (χ4v) is 3.84. The van der Waals surface area contributed by atoms with Crippen LogP contribution in [0.25, 0.3) is 10.2 Å². The summed E-state index contributed by atoms with van der Waals surface area (Å²) in [5, 5.41) is 3.03. The summed E-state index contributed by atoms with van der Waals surface area (Å²) in [7, 11) is 1.99. The van der Waals surface area contributed by atoms with Gasteiger partial charge in [-0.3, -0.25) is 5.43 Å². The Morgan fingerprint density at radius 2 is 2.20 bits per heavy atom. The van der Waals surface area contributed by atoms with Gasteiger partial charge in [0.2, 0.25) is 5.95 Å². The fraction of sp³-hybridized carbons (Fsp3) is 0.167. The lowest BCUT2D eigenvalue weighted by atomic mass is 10.3. The summed E-state index contributed by atoms with van der Waals surface area (Å²) in [6.45, 7) is 0.739. The van der Waals surface area contributed by atoms with Gasteiger partial charge in [0.1, 0.15) is 10.6 Å². The van der Waals surface area contributed by atoms with Crippen molar-refractivity contribution in [2.24, 2.45) is 5.84 Å². The minimum Gasteiger partial charge on any atom is -0.354 e. The van der Waals surface area contributed by atoms with E-state index in [1.807, 2.05) is 30.6 Å². The largest absolute Gasteiger partial charge is 0.354 e. The number of thiophene rings is 2. The van der Waals surface area contributed by atoms with E-state index in [9.17, 15) is 0 Å². The standard InChI is InChI=1S/C12H12ClN5S2/c1-18(6-7-2-3-9(13)20-7)10-8-4-5-19-11(8)16-12(15-10)17-14/h2-5H,6,14H2,1H3,(H,15,16,17). The molecule has 3 aromatic heterocycles. The van der Waals surface area contributed by atoms with Gasteiger partial charge in [-0.25, -0.2) is 10.8 Å². The van der Waals surface area contributed by atoms with Gasteiger partial charge in [0.15, 0.2) is 0 Å². The van der Waals surface area contributed by atoms with E-state index < -0.39 is 0 Å². The number of nitrogens with one attached hydrogen (secondary N) is 1. The smallest absolute Gasteiger partial charge is 0.240 e. The molecule has 0 atom stereocenters. The second-order valence-electron chi connectivity index (χ2n) is 4.22. The third-order valence-electron chi connectivity index (χ3n) is 2.82. The maximum Gasteiger partial charge on any atom is 0.240 e. The number of anilines is 2. The topological polar surface area (TPSA) is 67.1 Å². The third-order valence-corrected chi connectivity index (χ3v) is 4.84. The first-order valence-electron chi connectivity index (χ1n) is 5.84. The summed E-state index contributed by atoms with van der Waals surface area (Å²) in [5.74, 6) is 6.71. The summed E-state index contributed by atoms with van der Waals surface area (Å²) in [4.78, 5) is 13.0. The number of hydrogen-bond acceptors (Lipinski definition) is 7. The molecular formula is C12H12ClN5S2. The van der Waals surface area contributed by atoms with Gasteiger partial charge in [0, 0.05) is 11.9 Å². The van der Waals surface area contributed by atoms with E-state index in [2.05, 4.69) is 20.3 Å². The molecule has 0 radical (unpaired) electrons. The van der Waals surface area contributed by atoms with Crippen LogP contribution in [0, 0.1) is 0 Å². The zero-order chi connectivity index (χ0) is 14.1. The van der Waals surface area contributed by atoms with Crippen LogP contribution in [0.5, 0.6) is 0 Å². The van der Waals surface area contributed by atoms with Crippen molar-refractivity contribution >= 4 is 56.3 Å². The molecule has 0 saturated carbocycles. The summed E-state index contributed by atoms with van der Waals surface area (Å²) in [5.41, 5.74) is 2.51. The van der Waals surface area contributed by atoms with Gasteiger partial charge in [-0.05, 0) is 23.6 Å². The summed E-state index contributed by atoms with van der Waals surface area (Å²) >= 11 is 9.10. The summed E-state index contributed by atoms with van der Waals surface area (Å²) in [6.07, 6.45) is 0. The van der Waals surface area contributed by atoms with Crippen molar-refractivity contribution in [1.82, 2.24) is 9.97 Å². The molecule has 0 aliphatic heterocycles. The molecule has 3 rings (SSSR count). The van der Waals surface area contributed by atoms with Gasteiger partial charge in [-0.1, -0.05) is 11.6 Å². The van der Waals surface area contributed by atoms with Crippen molar-refractivity contribution in [2.75, 3.05) is 17.4 Å². The number of rotatable bonds is 4. The Balaban J connectivity index is 1.97. The molecule has 104 valence electrons. The van der Waals surface area contributed by atoms with E-state index in [-0.39, 0.29) is 0 Å². The molecule has 8 heteroatoms. The van der Waals surface area contributed by atoms with Crippen molar-refractivity contribution in [2.45, 2.75) is 6.54 Å². The Kier molecular flexibility index (Phi) is 3.75. The normalized spacial score (nSPS) is 10.9. The monoisotopic (exact) mass is 325 g/mol. The predicted molar refractivity (Wildman–Crippen MR) is 86.7 cm³/mol. The van der Waals surface area contributed by atoms with Crippen LogP contribution in [0.2, 0.25) is 4.34 Å². The Morgan fingerprint density at radius 3 is 2.90 bits per heavy atom. The van der Waals surface area contributed by atoms with Crippen LogP contribution >= 0.6 is 34.3 Å². The number of nitrogens with zero attached hydrogens (tertiary/aromatic N) is 3. The lowest BCUT2D eigenvalue weighted by Crippen LogP contribution is -2.19. The number of aromatic nitrogens is 2. The maximum absolute atomic E-state index is 5.96. The van der Waals surface area contributed by atoms with E-state index >= 15 is 0 Å². The zero-order valence-corrected chi connectivity index (χ0v) is 13.0. The number of hydrazine groups is 1. The van der Waals surface area contributed by atoms with E-state index in [1.54, 1.807) is 22.7 Å². The van der Waals surface area contributed by atoms with E-state index in [4.69, 9.17) is 17.4 Å². The highest BCUT2D eigenvalue weighted by Crippen LogP contribution is 2.30. The third kappa shape index (κ3) is 2.57. The van der Waals surface area contributed by atoms with Gasteiger partial charge < -0.3 is 4.90 Å². The lowest BCUT2D eigenvalue weighted by molar-refractivity contribution is 0.915. The van der Waals surface area contributed by atoms with Crippen LogP contribution in [-0.4, -0.2) is 17.0 Å². The van der Waals surface area contributed by atoms with Gasteiger partial charge in [-0.2, -0.15) is 4.98 Å². The molecule has 0 fully saturated rings. The summed E-state index contributed by atoms with van der Waals surface area (Å²) in [6, 6.07) is 5.95. The Morgan fingerprint density at radius 1 is 1.35 bits per heavy atom. The van der Waals surface area contributed by atoms with Crippen LogP contribution in [0.1, 0.15) is 4.88 Å². The highest BCUT2D eigenvalue weighted by Gasteiger charge is 2.13. The van der Waals surface area contributed by atoms with Crippen molar-refractivity contribution in [3.05, 3.63) is 32.8 Å². The van der Waals surface area contributed by atoms with Gasteiger partial charge >= 0.3 is 0 Å². The molecule has 0 saturated heterocycles. The molecule has 0 amide bonds. The zero-order valence-electron chi connectivity index (χ0n) is 10.6. The van der Waals surface area contributed by atoms with Crippen molar-refractivity contribution in [1.29, 1.82) is 0 Å². The van der Waals surface area contributed by atoms with Gasteiger partial charge in [-0.15, -0.1) is 22.7 Å². The molecule has 0 aromatic carbocycles. The molecule has 3 aromatic rings. The molecule has 0 spiro atoms. The number of hydrogen-bond donors (Lipinski definition) is 2. The maximum atomic E-state index is 5.96. The van der Waals surface area contributed by atoms with E-state index in [1.165, 1.54) is 4.88 Å². The first-order chi connectivity index (χ1) is 9.67. The Labute approximate surface area is 129 Å². The average Bonchev–Trinajstić information content (AvgIpc) is 3.06. The molecule has 0 bridgehead atoms. The van der Waals surface area contributed by atoms with Crippen LogP contribution in [0.3, 0.4) is 0 Å². The van der Waals surface area contributed by atoms with Crippen molar-refractivity contribution in [3.8, 4) is 0 Å².